The molecule has 1 N–H and O–H groups in total. The smallest absolute Gasteiger partial charge is 0.305 e. The molecule has 196 valence electrons. The van der Waals surface area contributed by atoms with Crippen molar-refractivity contribution in [2.45, 2.75) is 22.6 Å². The molecule has 3 aromatic carbocycles. The first kappa shape index (κ1) is 24.6. The van der Waals surface area contributed by atoms with Crippen LogP contribution < -0.4 is 9.77 Å². The summed E-state index contributed by atoms with van der Waals surface area (Å²) in [5, 5.41) is 1.11. The van der Waals surface area contributed by atoms with E-state index >= 15 is 0 Å². The average Bonchev–Trinajstić information content (AvgIpc) is 3.66. The first-order valence-electron chi connectivity index (χ1n) is 13.4. The van der Waals surface area contributed by atoms with Crippen LogP contribution in [0.2, 0.25) is 0 Å². The Morgan fingerprint density at radius 1 is 0.923 bits per heavy atom. The molecular weight excluding hydrogens is 524 g/mol. The summed E-state index contributed by atoms with van der Waals surface area (Å²) in [6, 6.07) is 28.5. The van der Waals surface area contributed by atoms with Crippen molar-refractivity contribution in [3.63, 3.8) is 0 Å². The van der Waals surface area contributed by atoms with Crippen LogP contribution in [0.5, 0.6) is 0 Å². The third-order valence-corrected chi connectivity index (χ3v) is 11.7. The van der Waals surface area contributed by atoms with Gasteiger partial charge in [-0.1, -0.05) is 84.1 Å². The second-order valence-corrected chi connectivity index (χ2v) is 13.1. The molecule has 39 heavy (non-hydrogen) atoms. The number of H-pyrrole nitrogens is 1. The lowest BCUT2D eigenvalue weighted by Gasteiger charge is -2.45. The molecular formula is C32H28N2O3S2. The Bertz CT molecular complexity index is 1580. The monoisotopic (exact) mass is 552 g/mol. The first-order chi connectivity index (χ1) is 19.0. The van der Waals surface area contributed by atoms with Crippen LogP contribution >= 0.6 is 23.1 Å². The summed E-state index contributed by atoms with van der Waals surface area (Å²) in [6.07, 6.45) is 1.91. The zero-order chi connectivity index (χ0) is 26.7. The molecule has 2 fully saturated rings. The van der Waals surface area contributed by atoms with Gasteiger partial charge in [0.25, 0.3) is 0 Å². The molecule has 2 aliphatic carbocycles. The molecule has 1 aliphatic heterocycles. The lowest BCUT2D eigenvalue weighted by atomic mass is 9.67. The Labute approximate surface area is 235 Å². The molecule has 4 aromatic rings. The van der Waals surface area contributed by atoms with E-state index in [1.165, 1.54) is 16.9 Å². The van der Waals surface area contributed by atoms with E-state index in [2.05, 4.69) is 29.2 Å². The highest BCUT2D eigenvalue weighted by molar-refractivity contribution is 8.00. The van der Waals surface area contributed by atoms with Crippen molar-refractivity contribution in [3.05, 3.63) is 105 Å². The number of benzene rings is 3. The lowest BCUT2D eigenvalue weighted by Crippen LogP contribution is -2.48. The summed E-state index contributed by atoms with van der Waals surface area (Å²) in [7, 11) is 1.82. The molecule has 5 nitrogen and oxygen atoms in total. The Balaban J connectivity index is 1.20. The molecule has 1 aromatic heterocycles. The minimum atomic E-state index is -0.358. The van der Waals surface area contributed by atoms with E-state index in [0.717, 1.165) is 39.4 Å². The lowest BCUT2D eigenvalue weighted by molar-refractivity contribution is -0.129. The SMILES string of the molecule is CN(C(=O)[C@H]1[C@@H](C=O)[C@@H]2C[C@H]1[C@H]1Sc3[nH]c(=O)sc3[C@H](c3ccccc3)[C@@H]21)c1ccc(-c2ccccc2)cc1. The molecule has 0 radical (unpaired) electrons. The number of anilines is 1. The van der Waals surface area contributed by atoms with Crippen LogP contribution in [0.3, 0.4) is 0 Å². The van der Waals surface area contributed by atoms with Crippen LogP contribution in [0.15, 0.2) is 94.7 Å². The number of nitrogens with one attached hydrogen (secondary N) is 1. The van der Waals surface area contributed by atoms with Gasteiger partial charge in [-0.05, 0) is 53.0 Å². The maximum absolute atomic E-state index is 14.0. The van der Waals surface area contributed by atoms with Gasteiger partial charge < -0.3 is 14.7 Å². The highest BCUT2D eigenvalue weighted by atomic mass is 32.2. The van der Waals surface area contributed by atoms with Crippen molar-refractivity contribution in [2.24, 2.45) is 29.6 Å². The third-order valence-electron chi connectivity index (χ3n) is 9.07. The van der Waals surface area contributed by atoms with Crippen LogP contribution in [-0.4, -0.2) is 29.5 Å². The molecule has 0 saturated heterocycles. The normalized spacial score (nSPS) is 28.5. The number of carbonyl (C=O) groups excluding carboxylic acids is 2. The second kappa shape index (κ2) is 9.65. The van der Waals surface area contributed by atoms with E-state index in [0.29, 0.717) is 0 Å². The summed E-state index contributed by atoms with van der Waals surface area (Å²) in [5.41, 5.74) is 4.23. The number of hydrogen-bond donors (Lipinski definition) is 1. The minimum Gasteiger partial charge on any atom is -0.315 e. The molecule has 7 heteroatoms. The van der Waals surface area contributed by atoms with E-state index in [-0.39, 0.29) is 51.5 Å². The van der Waals surface area contributed by atoms with Crippen LogP contribution in [-0.2, 0) is 9.59 Å². The highest BCUT2D eigenvalue weighted by Gasteiger charge is 2.64. The van der Waals surface area contributed by atoms with Gasteiger partial charge in [-0.15, -0.1) is 11.8 Å². The second-order valence-electron chi connectivity index (χ2n) is 10.9. The number of hydrogen-bond acceptors (Lipinski definition) is 5. The average molecular weight is 553 g/mol. The first-order valence-corrected chi connectivity index (χ1v) is 15.1. The number of aromatic nitrogens is 1. The fraction of sp³-hybridized carbons (Fsp3) is 0.281. The van der Waals surface area contributed by atoms with Gasteiger partial charge in [0.15, 0.2) is 0 Å². The van der Waals surface area contributed by atoms with E-state index in [1.54, 1.807) is 16.7 Å². The molecule has 0 spiro atoms. The zero-order valence-corrected chi connectivity index (χ0v) is 23.0. The zero-order valence-electron chi connectivity index (χ0n) is 21.4. The topological polar surface area (TPSA) is 70.2 Å². The molecule has 0 unspecified atom stereocenters. The summed E-state index contributed by atoms with van der Waals surface area (Å²) in [4.78, 5) is 44.9. The van der Waals surface area contributed by atoms with Gasteiger partial charge in [-0.3, -0.25) is 9.59 Å². The molecule has 1 amide bonds. The van der Waals surface area contributed by atoms with Crippen LogP contribution in [0.25, 0.3) is 11.1 Å². The van der Waals surface area contributed by atoms with Gasteiger partial charge in [-0.2, -0.15) is 0 Å². The molecule has 7 rings (SSSR count). The number of thioether (sulfide) groups is 1. The van der Waals surface area contributed by atoms with Gasteiger partial charge in [0.1, 0.15) is 6.29 Å². The Morgan fingerprint density at radius 3 is 2.28 bits per heavy atom. The largest absolute Gasteiger partial charge is 0.315 e. The van der Waals surface area contributed by atoms with Crippen LogP contribution in [0.4, 0.5) is 5.69 Å². The van der Waals surface area contributed by atoms with Crippen molar-refractivity contribution >= 4 is 41.0 Å². The molecule has 2 bridgehead atoms. The van der Waals surface area contributed by atoms with Crippen LogP contribution in [0.1, 0.15) is 22.8 Å². The van der Waals surface area contributed by atoms with Gasteiger partial charge in [0.2, 0.25) is 5.91 Å². The molecule has 7 atom stereocenters. The van der Waals surface area contributed by atoms with E-state index in [9.17, 15) is 14.4 Å². The van der Waals surface area contributed by atoms with Crippen molar-refractivity contribution in [2.75, 3.05) is 11.9 Å². The van der Waals surface area contributed by atoms with E-state index in [1.807, 2.05) is 67.7 Å². The maximum Gasteiger partial charge on any atom is 0.305 e. The predicted molar refractivity (Wildman–Crippen MR) is 156 cm³/mol. The maximum atomic E-state index is 14.0. The van der Waals surface area contributed by atoms with E-state index < -0.39 is 0 Å². The number of nitrogens with zero attached hydrogens (tertiary/aromatic N) is 1. The van der Waals surface area contributed by atoms with Crippen molar-refractivity contribution in [1.82, 2.24) is 4.98 Å². The van der Waals surface area contributed by atoms with Gasteiger partial charge in [0.05, 0.1) is 10.9 Å². The molecule has 2 heterocycles. The number of thiazole rings is 1. The van der Waals surface area contributed by atoms with Gasteiger partial charge in [0, 0.05) is 34.7 Å². The number of aromatic amines is 1. The molecule has 3 aliphatic rings. The Morgan fingerprint density at radius 2 is 1.59 bits per heavy atom. The predicted octanol–water partition coefficient (Wildman–Crippen LogP) is 6.07. The quantitative estimate of drug-likeness (QED) is 0.305. The summed E-state index contributed by atoms with van der Waals surface area (Å²) in [6.45, 7) is 0. The fourth-order valence-electron chi connectivity index (χ4n) is 7.41. The van der Waals surface area contributed by atoms with Crippen molar-refractivity contribution in [1.29, 1.82) is 0 Å². The summed E-state index contributed by atoms with van der Waals surface area (Å²) >= 11 is 3.01. The number of carbonyl (C=O) groups is 2. The number of aldehydes is 1. The Hall–Kier alpha value is -3.42. The van der Waals surface area contributed by atoms with Gasteiger partial charge in [-0.25, -0.2) is 0 Å². The molecule has 2 saturated carbocycles. The van der Waals surface area contributed by atoms with E-state index in [4.69, 9.17) is 0 Å². The number of amides is 1. The highest BCUT2D eigenvalue weighted by Crippen LogP contribution is 2.66. The van der Waals surface area contributed by atoms with Crippen molar-refractivity contribution in [3.8, 4) is 11.1 Å². The number of fused-ring (bicyclic) bond motifs is 6. The van der Waals surface area contributed by atoms with Crippen LogP contribution in [0, 0.1) is 29.6 Å². The van der Waals surface area contributed by atoms with Crippen molar-refractivity contribution < 1.29 is 9.59 Å². The number of rotatable bonds is 5. The Kier molecular flexibility index (Phi) is 6.09. The summed E-state index contributed by atoms with van der Waals surface area (Å²) < 4.78 is 0. The minimum absolute atomic E-state index is 0.00646. The van der Waals surface area contributed by atoms with Gasteiger partial charge >= 0.3 is 4.87 Å². The summed E-state index contributed by atoms with van der Waals surface area (Å²) in [5.74, 6) is -0.191. The standard InChI is InChI=1S/C32H28N2O3S2/c1-34(21-14-12-19(13-15-21)18-8-4-2-5-9-18)31(36)26-23-16-22(24(26)17-35)27-25(20-10-6-3-7-11-20)29-30(38-28(23)27)33-32(37)39-29/h2-15,17,22-28H,16H2,1H3,(H,33,37)/t22-,23+,24-,25+,26+,27+,28+/m0/s1. The third kappa shape index (κ3) is 3.94. The fourth-order valence-corrected chi connectivity index (χ4v) is 10.3.